The van der Waals surface area contributed by atoms with Crippen molar-refractivity contribution in [2.75, 3.05) is 12.8 Å². The normalized spacial score (nSPS) is 19.8. The summed E-state index contributed by atoms with van der Waals surface area (Å²) in [5.74, 6) is 0.903. The molecule has 1 atom stereocenters. The van der Waals surface area contributed by atoms with Gasteiger partial charge in [-0.25, -0.2) is 0 Å². The summed E-state index contributed by atoms with van der Waals surface area (Å²) >= 11 is 1.79. The molecule has 21 heavy (non-hydrogen) atoms. The Balaban J connectivity index is 1.74. The van der Waals surface area contributed by atoms with Crippen molar-refractivity contribution in [3.63, 3.8) is 0 Å². The molecule has 0 aliphatic carbocycles. The minimum Gasteiger partial charge on any atom is -0.361 e. The SMILES string of the molecule is CSc1ccc(CN2CCCC[C@H]2c2cc(C)on2)cc1. The monoisotopic (exact) mass is 302 g/mol. The molecule has 3 rings (SSSR count). The molecule has 0 amide bonds. The zero-order chi connectivity index (χ0) is 14.7. The summed E-state index contributed by atoms with van der Waals surface area (Å²) in [5.41, 5.74) is 2.47. The lowest BCUT2D eigenvalue weighted by molar-refractivity contribution is 0.134. The Bertz CT molecular complexity index is 579. The molecule has 1 aliphatic heterocycles. The fourth-order valence-electron chi connectivity index (χ4n) is 3.02. The topological polar surface area (TPSA) is 29.3 Å². The van der Waals surface area contributed by atoms with Gasteiger partial charge in [-0.1, -0.05) is 23.7 Å². The summed E-state index contributed by atoms with van der Waals surface area (Å²) in [4.78, 5) is 3.86. The molecule has 0 radical (unpaired) electrons. The number of hydrogen-bond donors (Lipinski definition) is 0. The van der Waals surface area contributed by atoms with E-state index in [4.69, 9.17) is 4.52 Å². The number of thioether (sulfide) groups is 1. The molecule has 0 unspecified atom stereocenters. The van der Waals surface area contributed by atoms with Crippen molar-refractivity contribution in [2.45, 2.75) is 43.7 Å². The third kappa shape index (κ3) is 3.50. The van der Waals surface area contributed by atoms with E-state index in [-0.39, 0.29) is 0 Å². The lowest BCUT2D eigenvalue weighted by Crippen LogP contribution is -2.33. The van der Waals surface area contributed by atoms with Gasteiger partial charge in [0.05, 0.1) is 6.04 Å². The first-order chi connectivity index (χ1) is 10.3. The van der Waals surface area contributed by atoms with Gasteiger partial charge in [0.1, 0.15) is 11.5 Å². The molecule has 2 heterocycles. The van der Waals surface area contributed by atoms with E-state index in [9.17, 15) is 0 Å². The van der Waals surface area contributed by atoms with Gasteiger partial charge in [0.15, 0.2) is 0 Å². The Labute approximate surface area is 130 Å². The predicted octanol–water partition coefficient (Wildman–Crippen LogP) is 4.43. The largest absolute Gasteiger partial charge is 0.361 e. The van der Waals surface area contributed by atoms with Crippen LogP contribution in [0.5, 0.6) is 0 Å². The van der Waals surface area contributed by atoms with Crippen LogP contribution in [-0.4, -0.2) is 22.9 Å². The van der Waals surface area contributed by atoms with E-state index in [0.717, 1.165) is 24.5 Å². The van der Waals surface area contributed by atoms with E-state index in [1.54, 1.807) is 11.8 Å². The van der Waals surface area contributed by atoms with Crippen LogP contribution < -0.4 is 0 Å². The summed E-state index contributed by atoms with van der Waals surface area (Å²) in [5, 5.41) is 4.24. The number of hydrogen-bond acceptors (Lipinski definition) is 4. The van der Waals surface area contributed by atoms with Gasteiger partial charge in [-0.05, 0) is 50.3 Å². The number of rotatable bonds is 4. The molecule has 3 nitrogen and oxygen atoms in total. The van der Waals surface area contributed by atoms with Crippen molar-refractivity contribution in [3.8, 4) is 0 Å². The first-order valence-corrected chi connectivity index (χ1v) is 8.79. The molecule has 0 N–H and O–H groups in total. The van der Waals surface area contributed by atoms with E-state index < -0.39 is 0 Å². The third-order valence-electron chi connectivity index (χ3n) is 4.15. The van der Waals surface area contributed by atoms with Crippen LogP contribution in [0.15, 0.2) is 39.8 Å². The van der Waals surface area contributed by atoms with Crippen molar-refractivity contribution in [1.29, 1.82) is 0 Å². The summed E-state index contributed by atoms with van der Waals surface area (Å²) in [6.07, 6.45) is 5.84. The lowest BCUT2D eigenvalue weighted by atomic mass is 9.98. The molecular formula is C17H22N2OS. The Kier molecular flexibility index (Phi) is 4.66. The van der Waals surface area contributed by atoms with E-state index in [1.165, 1.54) is 29.7 Å². The molecule has 1 saturated heterocycles. The molecule has 0 bridgehead atoms. The number of likely N-dealkylation sites (tertiary alicyclic amines) is 1. The molecule has 1 fully saturated rings. The van der Waals surface area contributed by atoms with Gasteiger partial charge in [0.2, 0.25) is 0 Å². The standard InChI is InChI=1S/C17H22N2OS/c1-13-11-16(18-20-13)17-5-3-4-10-19(17)12-14-6-8-15(21-2)9-7-14/h6-9,11,17H,3-5,10,12H2,1-2H3/t17-/m0/s1. The zero-order valence-corrected chi connectivity index (χ0v) is 13.5. The second-order valence-electron chi connectivity index (χ2n) is 5.69. The van der Waals surface area contributed by atoms with Crippen molar-refractivity contribution < 1.29 is 4.52 Å². The zero-order valence-electron chi connectivity index (χ0n) is 12.7. The first-order valence-electron chi connectivity index (χ1n) is 7.56. The van der Waals surface area contributed by atoms with Crippen molar-refractivity contribution in [1.82, 2.24) is 10.1 Å². The summed E-state index contributed by atoms with van der Waals surface area (Å²) in [6, 6.07) is 11.4. The second kappa shape index (κ2) is 6.67. The van der Waals surface area contributed by atoms with E-state index in [0.29, 0.717) is 6.04 Å². The van der Waals surface area contributed by atoms with Gasteiger partial charge in [0, 0.05) is 17.5 Å². The van der Waals surface area contributed by atoms with Crippen molar-refractivity contribution >= 4 is 11.8 Å². The molecule has 1 aromatic carbocycles. The summed E-state index contributed by atoms with van der Waals surface area (Å²) in [7, 11) is 0. The van der Waals surface area contributed by atoms with Gasteiger partial charge >= 0.3 is 0 Å². The third-order valence-corrected chi connectivity index (χ3v) is 4.89. The maximum absolute atomic E-state index is 5.27. The summed E-state index contributed by atoms with van der Waals surface area (Å²) in [6.45, 7) is 4.09. The first kappa shape index (κ1) is 14.7. The van der Waals surface area contributed by atoms with Gasteiger partial charge in [-0.3, -0.25) is 4.90 Å². The number of benzene rings is 1. The van der Waals surface area contributed by atoms with Gasteiger partial charge in [0.25, 0.3) is 0 Å². The number of nitrogens with zero attached hydrogens (tertiary/aromatic N) is 2. The Morgan fingerprint density at radius 3 is 2.76 bits per heavy atom. The quantitative estimate of drug-likeness (QED) is 0.781. The minimum absolute atomic E-state index is 0.399. The second-order valence-corrected chi connectivity index (χ2v) is 6.57. The van der Waals surface area contributed by atoms with Crippen LogP contribution in [0.1, 0.15) is 42.3 Å². The molecular weight excluding hydrogens is 280 g/mol. The van der Waals surface area contributed by atoms with Crippen LogP contribution in [0.2, 0.25) is 0 Å². The van der Waals surface area contributed by atoms with Crippen LogP contribution in [-0.2, 0) is 6.54 Å². The number of aryl methyl sites for hydroxylation is 1. The van der Waals surface area contributed by atoms with Gasteiger partial charge in [-0.15, -0.1) is 11.8 Å². The number of aromatic nitrogens is 1. The predicted molar refractivity (Wildman–Crippen MR) is 86.5 cm³/mol. The van der Waals surface area contributed by atoms with Crippen LogP contribution in [0.4, 0.5) is 0 Å². The highest BCUT2D eigenvalue weighted by molar-refractivity contribution is 7.98. The highest BCUT2D eigenvalue weighted by atomic mass is 32.2. The molecule has 1 aromatic heterocycles. The van der Waals surface area contributed by atoms with Crippen molar-refractivity contribution in [2.24, 2.45) is 0 Å². The van der Waals surface area contributed by atoms with E-state index >= 15 is 0 Å². The minimum atomic E-state index is 0.399. The molecule has 2 aromatic rings. The molecule has 4 heteroatoms. The maximum Gasteiger partial charge on any atom is 0.133 e. The van der Waals surface area contributed by atoms with Crippen LogP contribution in [0.3, 0.4) is 0 Å². The van der Waals surface area contributed by atoms with Gasteiger partial charge in [-0.2, -0.15) is 0 Å². The summed E-state index contributed by atoms with van der Waals surface area (Å²) < 4.78 is 5.27. The van der Waals surface area contributed by atoms with Crippen LogP contribution in [0.25, 0.3) is 0 Å². The Morgan fingerprint density at radius 1 is 1.29 bits per heavy atom. The Hall–Kier alpha value is -1.26. The fraction of sp³-hybridized carbons (Fsp3) is 0.471. The van der Waals surface area contributed by atoms with Crippen LogP contribution in [0, 0.1) is 6.92 Å². The van der Waals surface area contributed by atoms with Crippen molar-refractivity contribution in [3.05, 3.63) is 47.3 Å². The highest BCUT2D eigenvalue weighted by Gasteiger charge is 2.26. The van der Waals surface area contributed by atoms with Gasteiger partial charge < -0.3 is 4.52 Å². The van der Waals surface area contributed by atoms with E-state index in [1.807, 2.05) is 6.92 Å². The number of piperidine rings is 1. The molecule has 112 valence electrons. The fourth-order valence-corrected chi connectivity index (χ4v) is 3.43. The smallest absolute Gasteiger partial charge is 0.133 e. The lowest BCUT2D eigenvalue weighted by Gasteiger charge is -2.34. The molecule has 0 saturated carbocycles. The Morgan fingerprint density at radius 2 is 2.10 bits per heavy atom. The van der Waals surface area contributed by atoms with Crippen LogP contribution >= 0.6 is 11.8 Å². The average molecular weight is 302 g/mol. The van der Waals surface area contributed by atoms with E-state index in [2.05, 4.69) is 46.6 Å². The maximum atomic E-state index is 5.27. The average Bonchev–Trinajstić information content (AvgIpc) is 2.95. The molecule has 0 spiro atoms. The highest BCUT2D eigenvalue weighted by Crippen LogP contribution is 2.32. The molecule has 1 aliphatic rings.